The number of amides is 1. The highest BCUT2D eigenvalue weighted by molar-refractivity contribution is 8.16. The van der Waals surface area contributed by atoms with Crippen LogP contribution in [0.4, 0.5) is 5.69 Å². The summed E-state index contributed by atoms with van der Waals surface area (Å²) >= 11 is 7.55. The third-order valence-electron chi connectivity index (χ3n) is 4.27. The van der Waals surface area contributed by atoms with Crippen LogP contribution >= 0.6 is 23.4 Å². The Labute approximate surface area is 166 Å². The molecule has 2 heterocycles. The van der Waals surface area contributed by atoms with Crippen molar-refractivity contribution in [3.8, 4) is 11.5 Å². The molecule has 0 aromatic heterocycles. The summed E-state index contributed by atoms with van der Waals surface area (Å²) in [5.41, 5.74) is 0.532. The Morgan fingerprint density at radius 3 is 2.59 bits per heavy atom. The first-order chi connectivity index (χ1) is 12.8. The summed E-state index contributed by atoms with van der Waals surface area (Å²) in [7, 11) is 1.21. The topological polar surface area (TPSA) is 94.5 Å². The number of amidine groups is 1. The molecule has 3 rings (SSSR count). The zero-order valence-corrected chi connectivity index (χ0v) is 17.4. The highest BCUT2D eigenvalue weighted by atomic mass is 35.5. The van der Waals surface area contributed by atoms with Gasteiger partial charge in [0, 0.05) is 18.4 Å². The van der Waals surface area contributed by atoms with Crippen LogP contribution < -0.4 is 14.4 Å². The standard InChI is InChI=1S/C16H19ClN2O6S2/c1-23-6-15(20)18-16-19(11-7-27(21,22)8-14(11)26-16)10-4-9(17)12(24-2)5-13(10)25-3/h4-5,11,14H,6-8H2,1-3H3. The van der Waals surface area contributed by atoms with Gasteiger partial charge in [-0.15, -0.1) is 0 Å². The molecule has 0 saturated carbocycles. The van der Waals surface area contributed by atoms with Gasteiger partial charge in [0.2, 0.25) is 0 Å². The SMILES string of the molecule is COCC(=O)N=C1SC2CS(=O)(=O)CC2N1c1cc(Cl)c(OC)cc1OC. The van der Waals surface area contributed by atoms with Crippen LogP contribution in [-0.4, -0.2) is 70.2 Å². The second-order valence-corrected chi connectivity index (χ2v) is 9.82. The van der Waals surface area contributed by atoms with E-state index in [2.05, 4.69) is 4.99 Å². The van der Waals surface area contributed by atoms with Crippen molar-refractivity contribution >= 4 is 50.0 Å². The smallest absolute Gasteiger partial charge is 0.274 e. The molecule has 0 bridgehead atoms. The number of ether oxygens (including phenoxy) is 3. The van der Waals surface area contributed by atoms with Crippen LogP contribution in [0.15, 0.2) is 17.1 Å². The average molecular weight is 435 g/mol. The molecule has 8 nitrogen and oxygen atoms in total. The normalized spacial score (nSPS) is 24.9. The minimum absolute atomic E-state index is 0.0303. The zero-order chi connectivity index (χ0) is 19.8. The highest BCUT2D eigenvalue weighted by Gasteiger charge is 2.50. The van der Waals surface area contributed by atoms with Gasteiger partial charge in [0.25, 0.3) is 5.91 Å². The van der Waals surface area contributed by atoms with E-state index in [-0.39, 0.29) is 29.4 Å². The predicted molar refractivity (Wildman–Crippen MR) is 105 cm³/mol. The van der Waals surface area contributed by atoms with Gasteiger partial charge in [-0.3, -0.25) is 4.79 Å². The first-order valence-corrected chi connectivity index (χ1v) is 11.1. The lowest BCUT2D eigenvalue weighted by Gasteiger charge is -2.26. The van der Waals surface area contributed by atoms with Crippen molar-refractivity contribution in [3.05, 3.63) is 17.2 Å². The molecule has 1 aromatic rings. The Hall–Kier alpha value is -1.49. The average Bonchev–Trinajstić information content (AvgIpc) is 3.05. The maximum atomic E-state index is 12.1. The van der Waals surface area contributed by atoms with Crippen molar-refractivity contribution in [2.24, 2.45) is 4.99 Å². The molecule has 1 amide bonds. The number of anilines is 1. The van der Waals surface area contributed by atoms with Gasteiger partial charge in [0.05, 0.1) is 42.5 Å². The van der Waals surface area contributed by atoms with E-state index in [0.717, 1.165) is 0 Å². The van der Waals surface area contributed by atoms with E-state index >= 15 is 0 Å². The first-order valence-electron chi connectivity index (χ1n) is 7.98. The molecular weight excluding hydrogens is 416 g/mol. The second-order valence-electron chi connectivity index (χ2n) is 6.05. The molecule has 11 heteroatoms. The number of thioether (sulfide) groups is 1. The molecule has 2 aliphatic heterocycles. The monoisotopic (exact) mass is 434 g/mol. The first kappa shape index (κ1) is 20.2. The molecule has 0 radical (unpaired) electrons. The number of aliphatic imine (C=N–C) groups is 1. The quantitative estimate of drug-likeness (QED) is 0.689. The van der Waals surface area contributed by atoms with Crippen molar-refractivity contribution in [1.29, 1.82) is 0 Å². The fraction of sp³-hybridized carbons (Fsp3) is 0.500. The van der Waals surface area contributed by atoms with Gasteiger partial charge in [-0.2, -0.15) is 4.99 Å². The molecule has 27 heavy (non-hydrogen) atoms. The zero-order valence-electron chi connectivity index (χ0n) is 15.0. The number of hydrogen-bond donors (Lipinski definition) is 0. The lowest BCUT2D eigenvalue weighted by atomic mass is 10.2. The maximum absolute atomic E-state index is 12.1. The van der Waals surface area contributed by atoms with Crippen LogP contribution in [-0.2, 0) is 19.4 Å². The van der Waals surface area contributed by atoms with E-state index in [1.165, 1.54) is 33.1 Å². The van der Waals surface area contributed by atoms with Crippen LogP contribution in [0.3, 0.4) is 0 Å². The van der Waals surface area contributed by atoms with Crippen molar-refractivity contribution in [1.82, 2.24) is 0 Å². The lowest BCUT2D eigenvalue weighted by molar-refractivity contribution is -0.121. The number of nitrogens with zero attached hydrogens (tertiary/aromatic N) is 2. The third kappa shape index (κ3) is 4.03. The summed E-state index contributed by atoms with van der Waals surface area (Å²) < 4.78 is 39.8. The maximum Gasteiger partial charge on any atom is 0.274 e. The van der Waals surface area contributed by atoms with Gasteiger partial charge in [-0.05, 0) is 6.07 Å². The fourth-order valence-electron chi connectivity index (χ4n) is 3.14. The number of fused-ring (bicyclic) bond motifs is 1. The van der Waals surface area contributed by atoms with Crippen molar-refractivity contribution in [2.75, 3.05) is 44.3 Å². The Bertz CT molecular complexity index is 889. The molecule has 2 fully saturated rings. The molecule has 2 unspecified atom stereocenters. The van der Waals surface area contributed by atoms with Crippen LogP contribution in [0.2, 0.25) is 5.02 Å². The summed E-state index contributed by atoms with van der Waals surface area (Å²) in [6.45, 7) is -0.161. The number of rotatable bonds is 5. The third-order valence-corrected chi connectivity index (χ3v) is 7.77. The molecule has 0 spiro atoms. The Morgan fingerprint density at radius 2 is 1.96 bits per heavy atom. The van der Waals surface area contributed by atoms with Crippen molar-refractivity contribution in [3.63, 3.8) is 0 Å². The van der Waals surface area contributed by atoms with Gasteiger partial charge in [-0.1, -0.05) is 23.4 Å². The number of carbonyl (C=O) groups is 1. The Kier molecular flexibility index (Phi) is 5.90. The molecule has 0 aliphatic carbocycles. The molecular formula is C16H19ClN2O6S2. The number of carbonyl (C=O) groups excluding carboxylic acids is 1. The minimum atomic E-state index is -3.18. The van der Waals surface area contributed by atoms with Gasteiger partial charge in [0.1, 0.15) is 18.1 Å². The summed E-state index contributed by atoms with van der Waals surface area (Å²) in [4.78, 5) is 17.8. The Balaban J connectivity index is 2.10. The van der Waals surface area contributed by atoms with E-state index in [1.54, 1.807) is 17.0 Å². The van der Waals surface area contributed by atoms with Crippen molar-refractivity contribution in [2.45, 2.75) is 11.3 Å². The van der Waals surface area contributed by atoms with E-state index < -0.39 is 15.7 Å². The number of halogens is 1. The van der Waals surface area contributed by atoms with Crippen molar-refractivity contribution < 1.29 is 27.4 Å². The predicted octanol–water partition coefficient (Wildman–Crippen LogP) is 1.60. The summed E-state index contributed by atoms with van der Waals surface area (Å²) in [5.74, 6) is 0.408. The summed E-state index contributed by atoms with van der Waals surface area (Å²) in [5, 5.41) is 0.515. The molecule has 2 atom stereocenters. The van der Waals surface area contributed by atoms with E-state index in [4.69, 9.17) is 25.8 Å². The Morgan fingerprint density at radius 1 is 1.26 bits per heavy atom. The van der Waals surface area contributed by atoms with E-state index in [0.29, 0.717) is 27.4 Å². The van der Waals surface area contributed by atoms with Gasteiger partial charge < -0.3 is 19.1 Å². The molecule has 0 N–H and O–H groups in total. The largest absolute Gasteiger partial charge is 0.495 e. The van der Waals surface area contributed by atoms with E-state index in [9.17, 15) is 13.2 Å². The minimum Gasteiger partial charge on any atom is -0.495 e. The van der Waals surface area contributed by atoms with Crippen LogP contribution in [0.1, 0.15) is 0 Å². The van der Waals surface area contributed by atoms with Gasteiger partial charge in [0.15, 0.2) is 15.0 Å². The summed E-state index contributed by atoms with van der Waals surface area (Å²) in [6, 6.07) is 2.88. The second kappa shape index (κ2) is 7.86. The van der Waals surface area contributed by atoms with E-state index in [1.807, 2.05) is 0 Å². The van der Waals surface area contributed by atoms with Crippen LogP contribution in [0, 0.1) is 0 Å². The van der Waals surface area contributed by atoms with Gasteiger partial charge in [-0.25, -0.2) is 8.42 Å². The van der Waals surface area contributed by atoms with Crippen LogP contribution in [0.25, 0.3) is 0 Å². The number of methoxy groups -OCH3 is 3. The molecule has 2 saturated heterocycles. The number of hydrogen-bond acceptors (Lipinski definition) is 7. The lowest BCUT2D eigenvalue weighted by Crippen LogP contribution is -2.38. The fourth-order valence-corrected chi connectivity index (χ4v) is 7.30. The highest BCUT2D eigenvalue weighted by Crippen LogP contribution is 2.46. The van der Waals surface area contributed by atoms with Gasteiger partial charge >= 0.3 is 0 Å². The summed E-state index contributed by atoms with van der Waals surface area (Å²) in [6.07, 6.45) is 0. The number of sulfone groups is 1. The molecule has 148 valence electrons. The number of benzene rings is 1. The molecule has 1 aromatic carbocycles. The molecule has 2 aliphatic rings. The van der Waals surface area contributed by atoms with Crippen LogP contribution in [0.5, 0.6) is 11.5 Å².